The molecule has 0 aliphatic carbocycles. The minimum atomic E-state index is -0.902. The van der Waals surface area contributed by atoms with E-state index in [9.17, 15) is 9.59 Å². The zero-order chi connectivity index (χ0) is 12.2. The largest absolute Gasteiger partial charge is 0.467 e. The lowest BCUT2D eigenvalue weighted by atomic mass is 10.0. The minimum Gasteiger partial charge on any atom is -0.467 e. The molecule has 1 amide bonds. The van der Waals surface area contributed by atoms with Crippen LogP contribution in [0, 0.1) is 5.92 Å². The molecule has 0 rings (SSSR count). The van der Waals surface area contributed by atoms with Gasteiger partial charge in [0.2, 0.25) is 5.91 Å². The first-order chi connectivity index (χ1) is 6.73. The van der Waals surface area contributed by atoms with Crippen LogP contribution < -0.4 is 0 Å². The van der Waals surface area contributed by atoms with Crippen LogP contribution in [0.25, 0.3) is 0 Å². The average Bonchev–Trinajstić information content (AvgIpc) is 2.13. The molecule has 0 saturated carbocycles. The third-order valence-electron chi connectivity index (χ3n) is 2.48. The quantitative estimate of drug-likeness (QED) is 0.667. The van der Waals surface area contributed by atoms with Gasteiger partial charge in [0.05, 0.1) is 7.11 Å². The van der Waals surface area contributed by atoms with E-state index in [-0.39, 0.29) is 11.8 Å². The predicted octanol–water partition coefficient (Wildman–Crippen LogP) is 1.44. The van der Waals surface area contributed by atoms with Crippen molar-refractivity contribution in [3.05, 3.63) is 0 Å². The zero-order valence-corrected chi connectivity index (χ0v) is 10.5. The summed E-state index contributed by atoms with van der Waals surface area (Å²) in [4.78, 5) is 24.6. The number of methoxy groups -OCH3 is 1. The van der Waals surface area contributed by atoms with Gasteiger partial charge in [-0.15, -0.1) is 0 Å². The Morgan fingerprint density at radius 3 is 2.13 bits per heavy atom. The molecule has 4 heteroatoms. The third kappa shape index (κ3) is 3.53. The van der Waals surface area contributed by atoms with E-state index in [0.717, 1.165) is 0 Å². The van der Waals surface area contributed by atoms with Crippen molar-refractivity contribution in [2.45, 2.75) is 39.7 Å². The lowest BCUT2D eigenvalue weighted by molar-refractivity contribution is -0.158. The average molecular weight is 215 g/mol. The number of ether oxygens (including phenoxy) is 1. The van der Waals surface area contributed by atoms with Gasteiger partial charge < -0.3 is 9.64 Å². The van der Waals surface area contributed by atoms with Crippen LogP contribution in [-0.4, -0.2) is 36.5 Å². The van der Waals surface area contributed by atoms with Crippen molar-refractivity contribution >= 4 is 11.9 Å². The molecule has 0 aromatic rings. The van der Waals surface area contributed by atoms with Gasteiger partial charge in [-0.25, -0.2) is 4.79 Å². The molecule has 0 aromatic heterocycles. The second-order valence-corrected chi connectivity index (χ2v) is 4.60. The summed E-state index contributed by atoms with van der Waals surface area (Å²) in [7, 11) is 2.95. The maximum Gasteiger partial charge on any atom is 0.331 e. The van der Waals surface area contributed by atoms with Gasteiger partial charge in [0.15, 0.2) is 0 Å². The summed E-state index contributed by atoms with van der Waals surface area (Å²) >= 11 is 0. The summed E-state index contributed by atoms with van der Waals surface area (Å²) in [5.41, 5.74) is -0.902. The summed E-state index contributed by atoms with van der Waals surface area (Å²) in [5.74, 6) is -0.157. The molecule has 0 aliphatic heterocycles. The Kier molecular flexibility index (Phi) is 4.78. The standard InChI is InChI=1S/C11H21NO3/c1-8(2)7-9(13)12(5)11(3,4)10(14)15-6/h8H,7H2,1-6H3. The van der Waals surface area contributed by atoms with E-state index in [4.69, 9.17) is 0 Å². The van der Waals surface area contributed by atoms with Crippen LogP contribution in [0.4, 0.5) is 0 Å². The normalized spacial score (nSPS) is 11.4. The number of hydrogen-bond acceptors (Lipinski definition) is 3. The highest BCUT2D eigenvalue weighted by molar-refractivity contribution is 5.87. The summed E-state index contributed by atoms with van der Waals surface area (Å²) in [6.45, 7) is 7.29. The van der Waals surface area contributed by atoms with Crippen molar-refractivity contribution in [1.29, 1.82) is 0 Å². The van der Waals surface area contributed by atoms with Gasteiger partial charge in [0.25, 0.3) is 0 Å². The Morgan fingerprint density at radius 2 is 1.80 bits per heavy atom. The van der Waals surface area contributed by atoms with Crippen molar-refractivity contribution in [3.63, 3.8) is 0 Å². The first kappa shape index (κ1) is 13.9. The smallest absolute Gasteiger partial charge is 0.331 e. The van der Waals surface area contributed by atoms with Gasteiger partial charge in [0, 0.05) is 13.5 Å². The van der Waals surface area contributed by atoms with Crippen molar-refractivity contribution in [2.75, 3.05) is 14.2 Å². The molecular weight excluding hydrogens is 194 g/mol. The molecule has 0 spiro atoms. The van der Waals surface area contributed by atoms with E-state index in [1.165, 1.54) is 12.0 Å². The van der Waals surface area contributed by atoms with Gasteiger partial charge >= 0.3 is 5.97 Å². The number of carbonyl (C=O) groups excluding carboxylic acids is 2. The first-order valence-electron chi connectivity index (χ1n) is 5.08. The van der Waals surface area contributed by atoms with Crippen molar-refractivity contribution < 1.29 is 14.3 Å². The van der Waals surface area contributed by atoms with Crippen LogP contribution in [0.2, 0.25) is 0 Å². The Balaban J connectivity index is 4.61. The summed E-state index contributed by atoms with van der Waals surface area (Å²) in [5, 5.41) is 0. The number of esters is 1. The Morgan fingerprint density at radius 1 is 1.33 bits per heavy atom. The summed E-state index contributed by atoms with van der Waals surface area (Å²) < 4.78 is 4.66. The molecule has 0 bridgehead atoms. The Labute approximate surface area is 91.6 Å². The second kappa shape index (κ2) is 5.14. The van der Waals surface area contributed by atoms with E-state index in [1.807, 2.05) is 13.8 Å². The van der Waals surface area contributed by atoms with Crippen molar-refractivity contribution in [1.82, 2.24) is 4.90 Å². The molecule has 0 atom stereocenters. The third-order valence-corrected chi connectivity index (χ3v) is 2.48. The number of likely N-dealkylation sites (N-methyl/N-ethyl adjacent to an activating group) is 1. The molecule has 0 aromatic carbocycles. The minimum absolute atomic E-state index is 0.0413. The fourth-order valence-corrected chi connectivity index (χ4v) is 1.18. The Hall–Kier alpha value is -1.06. The van der Waals surface area contributed by atoms with Crippen LogP contribution in [0.1, 0.15) is 34.1 Å². The van der Waals surface area contributed by atoms with E-state index in [2.05, 4.69) is 4.74 Å². The maximum absolute atomic E-state index is 11.7. The molecule has 0 aliphatic rings. The molecule has 4 nitrogen and oxygen atoms in total. The van der Waals surface area contributed by atoms with Gasteiger partial charge in [-0.05, 0) is 19.8 Å². The van der Waals surface area contributed by atoms with Gasteiger partial charge in [-0.1, -0.05) is 13.8 Å². The van der Waals surface area contributed by atoms with E-state index >= 15 is 0 Å². The van der Waals surface area contributed by atoms with E-state index < -0.39 is 11.5 Å². The number of carbonyl (C=O) groups is 2. The Bertz CT molecular complexity index is 246. The molecular formula is C11H21NO3. The van der Waals surface area contributed by atoms with E-state index in [1.54, 1.807) is 20.9 Å². The molecule has 0 unspecified atom stereocenters. The van der Waals surface area contributed by atoms with Crippen LogP contribution in [-0.2, 0) is 14.3 Å². The molecule has 88 valence electrons. The first-order valence-corrected chi connectivity index (χ1v) is 5.08. The number of hydrogen-bond donors (Lipinski definition) is 0. The molecule has 15 heavy (non-hydrogen) atoms. The lowest BCUT2D eigenvalue weighted by Gasteiger charge is -2.33. The molecule has 0 radical (unpaired) electrons. The highest BCUT2D eigenvalue weighted by Crippen LogP contribution is 2.16. The summed E-state index contributed by atoms with van der Waals surface area (Å²) in [6, 6.07) is 0. The van der Waals surface area contributed by atoms with Crippen LogP contribution in [0.3, 0.4) is 0 Å². The predicted molar refractivity (Wildman–Crippen MR) is 58.3 cm³/mol. The van der Waals surface area contributed by atoms with Crippen molar-refractivity contribution in [3.8, 4) is 0 Å². The molecule has 0 N–H and O–H groups in total. The monoisotopic (exact) mass is 215 g/mol. The fourth-order valence-electron chi connectivity index (χ4n) is 1.18. The fraction of sp³-hybridized carbons (Fsp3) is 0.818. The number of rotatable bonds is 4. The van der Waals surface area contributed by atoms with Gasteiger partial charge in [-0.2, -0.15) is 0 Å². The topological polar surface area (TPSA) is 46.6 Å². The lowest BCUT2D eigenvalue weighted by Crippen LogP contribution is -2.51. The highest BCUT2D eigenvalue weighted by Gasteiger charge is 2.36. The molecule has 0 fully saturated rings. The summed E-state index contributed by atoms with van der Waals surface area (Å²) in [6.07, 6.45) is 0.441. The number of nitrogens with zero attached hydrogens (tertiary/aromatic N) is 1. The SMILES string of the molecule is COC(=O)C(C)(C)N(C)C(=O)CC(C)C. The highest BCUT2D eigenvalue weighted by atomic mass is 16.5. The molecule has 0 saturated heterocycles. The van der Waals surface area contributed by atoms with Crippen LogP contribution in [0.5, 0.6) is 0 Å². The number of amides is 1. The molecule has 0 heterocycles. The van der Waals surface area contributed by atoms with E-state index in [0.29, 0.717) is 6.42 Å². The van der Waals surface area contributed by atoms with Gasteiger partial charge in [0.1, 0.15) is 5.54 Å². The second-order valence-electron chi connectivity index (χ2n) is 4.60. The van der Waals surface area contributed by atoms with Crippen molar-refractivity contribution in [2.24, 2.45) is 5.92 Å². The van der Waals surface area contributed by atoms with Gasteiger partial charge in [-0.3, -0.25) is 4.79 Å². The van der Waals surface area contributed by atoms with Crippen LogP contribution in [0.15, 0.2) is 0 Å². The van der Waals surface area contributed by atoms with Crippen LogP contribution >= 0.6 is 0 Å². The maximum atomic E-state index is 11.7. The zero-order valence-electron chi connectivity index (χ0n) is 10.5.